The smallest absolute Gasteiger partial charge is 0.165 e. The first-order chi connectivity index (χ1) is 8.98. The molecule has 1 rings (SSSR count). The van der Waals surface area contributed by atoms with Crippen LogP contribution in [0.15, 0.2) is 18.2 Å². The van der Waals surface area contributed by atoms with Crippen molar-refractivity contribution in [2.45, 2.75) is 33.7 Å². The van der Waals surface area contributed by atoms with E-state index in [1.54, 1.807) is 6.07 Å². The Kier molecular flexibility index (Phi) is 6.25. The first kappa shape index (κ1) is 15.9. The fourth-order valence-electron chi connectivity index (χ4n) is 1.95. The molecule has 0 fully saturated rings. The zero-order chi connectivity index (χ0) is 14.3. The molecule has 0 bridgehead atoms. The van der Waals surface area contributed by atoms with Gasteiger partial charge < -0.3 is 15.8 Å². The third kappa shape index (κ3) is 5.57. The molecule has 0 aliphatic carbocycles. The second-order valence-electron chi connectivity index (χ2n) is 5.50. The number of halogens is 1. The number of ether oxygens (including phenoxy) is 1. The summed E-state index contributed by atoms with van der Waals surface area (Å²) in [5.74, 6) is 0.0112. The van der Waals surface area contributed by atoms with Gasteiger partial charge in [0.15, 0.2) is 11.6 Å². The quantitative estimate of drug-likeness (QED) is 0.762. The van der Waals surface area contributed by atoms with Gasteiger partial charge in [0.05, 0.1) is 6.61 Å². The van der Waals surface area contributed by atoms with Crippen LogP contribution in [0.2, 0.25) is 0 Å². The molecule has 4 heteroatoms. The molecule has 3 N–H and O–H groups in total. The number of rotatable bonds is 8. The Morgan fingerprint density at radius 2 is 2.11 bits per heavy atom. The van der Waals surface area contributed by atoms with Crippen molar-refractivity contribution in [2.75, 3.05) is 19.7 Å². The maximum absolute atomic E-state index is 13.6. The fourth-order valence-corrected chi connectivity index (χ4v) is 1.95. The van der Waals surface area contributed by atoms with Crippen LogP contribution in [0.1, 0.15) is 32.8 Å². The summed E-state index contributed by atoms with van der Waals surface area (Å²) in [6.45, 7) is 8.86. The van der Waals surface area contributed by atoms with Crippen LogP contribution in [-0.2, 0) is 6.54 Å². The summed E-state index contributed by atoms with van der Waals surface area (Å²) in [6, 6.07) is 5.09. The molecule has 0 heterocycles. The van der Waals surface area contributed by atoms with Crippen LogP contribution in [0.25, 0.3) is 0 Å². The molecular formula is C15H25FN2O. The SMILES string of the molecule is CCOc1ccc(CNCC(C)(C)CCN)cc1F. The van der Waals surface area contributed by atoms with Crippen LogP contribution in [0.3, 0.4) is 0 Å². The zero-order valence-corrected chi connectivity index (χ0v) is 12.1. The maximum Gasteiger partial charge on any atom is 0.165 e. The van der Waals surface area contributed by atoms with Crippen molar-refractivity contribution in [1.82, 2.24) is 5.32 Å². The number of nitrogens with two attached hydrogens (primary N) is 1. The fraction of sp³-hybridized carbons (Fsp3) is 0.600. The van der Waals surface area contributed by atoms with E-state index in [0.29, 0.717) is 25.4 Å². The molecular weight excluding hydrogens is 243 g/mol. The third-order valence-corrected chi connectivity index (χ3v) is 3.05. The molecule has 0 aromatic heterocycles. The summed E-state index contributed by atoms with van der Waals surface area (Å²) in [6.07, 6.45) is 0.970. The number of benzene rings is 1. The summed E-state index contributed by atoms with van der Waals surface area (Å²) in [5.41, 5.74) is 6.66. The number of hydrogen-bond acceptors (Lipinski definition) is 3. The lowest BCUT2D eigenvalue weighted by Crippen LogP contribution is -2.31. The van der Waals surface area contributed by atoms with Gasteiger partial charge in [-0.05, 0) is 43.0 Å². The van der Waals surface area contributed by atoms with Crippen LogP contribution in [-0.4, -0.2) is 19.7 Å². The van der Waals surface area contributed by atoms with Crippen molar-refractivity contribution in [1.29, 1.82) is 0 Å². The predicted molar refractivity (Wildman–Crippen MR) is 76.7 cm³/mol. The average Bonchev–Trinajstić information content (AvgIpc) is 2.32. The number of hydrogen-bond donors (Lipinski definition) is 2. The van der Waals surface area contributed by atoms with E-state index in [0.717, 1.165) is 18.5 Å². The van der Waals surface area contributed by atoms with Gasteiger partial charge in [0.25, 0.3) is 0 Å². The van der Waals surface area contributed by atoms with Gasteiger partial charge in [-0.15, -0.1) is 0 Å². The summed E-state index contributed by atoms with van der Waals surface area (Å²) in [7, 11) is 0. The first-order valence-corrected chi connectivity index (χ1v) is 6.80. The Balaban J connectivity index is 2.48. The molecule has 0 unspecified atom stereocenters. The molecule has 3 nitrogen and oxygen atoms in total. The van der Waals surface area contributed by atoms with Crippen LogP contribution in [0.4, 0.5) is 4.39 Å². The minimum Gasteiger partial charge on any atom is -0.491 e. The van der Waals surface area contributed by atoms with E-state index in [1.807, 2.05) is 13.0 Å². The highest BCUT2D eigenvalue weighted by Gasteiger charge is 2.15. The van der Waals surface area contributed by atoms with Crippen LogP contribution >= 0.6 is 0 Å². The maximum atomic E-state index is 13.6. The molecule has 0 spiro atoms. The summed E-state index contributed by atoms with van der Waals surface area (Å²) < 4.78 is 18.8. The highest BCUT2D eigenvalue weighted by Crippen LogP contribution is 2.20. The van der Waals surface area contributed by atoms with Crippen LogP contribution < -0.4 is 15.8 Å². The third-order valence-electron chi connectivity index (χ3n) is 3.05. The van der Waals surface area contributed by atoms with Gasteiger partial charge >= 0.3 is 0 Å². The van der Waals surface area contributed by atoms with Gasteiger partial charge in [-0.2, -0.15) is 0 Å². The normalized spacial score (nSPS) is 11.6. The Labute approximate surface area is 115 Å². The Hall–Kier alpha value is -1.13. The van der Waals surface area contributed by atoms with E-state index >= 15 is 0 Å². The van der Waals surface area contributed by atoms with Crippen molar-refractivity contribution >= 4 is 0 Å². The minimum atomic E-state index is -0.303. The zero-order valence-electron chi connectivity index (χ0n) is 12.1. The van der Waals surface area contributed by atoms with Crippen molar-refractivity contribution < 1.29 is 9.13 Å². The van der Waals surface area contributed by atoms with E-state index in [1.165, 1.54) is 6.07 Å². The van der Waals surface area contributed by atoms with E-state index in [-0.39, 0.29) is 11.2 Å². The second-order valence-corrected chi connectivity index (χ2v) is 5.50. The molecule has 0 aliphatic heterocycles. The monoisotopic (exact) mass is 268 g/mol. The summed E-state index contributed by atoms with van der Waals surface area (Å²) >= 11 is 0. The Morgan fingerprint density at radius 3 is 2.68 bits per heavy atom. The number of nitrogens with one attached hydrogen (secondary N) is 1. The predicted octanol–water partition coefficient (Wildman–Crippen LogP) is 2.69. The van der Waals surface area contributed by atoms with Gasteiger partial charge in [-0.25, -0.2) is 4.39 Å². The van der Waals surface area contributed by atoms with Gasteiger partial charge in [0.2, 0.25) is 0 Å². The Morgan fingerprint density at radius 1 is 1.37 bits per heavy atom. The van der Waals surface area contributed by atoms with E-state index < -0.39 is 0 Å². The highest BCUT2D eigenvalue weighted by atomic mass is 19.1. The van der Waals surface area contributed by atoms with E-state index in [2.05, 4.69) is 19.2 Å². The standard InChI is InChI=1S/C15H25FN2O/c1-4-19-14-6-5-12(9-13(14)16)10-18-11-15(2,3)7-8-17/h5-6,9,18H,4,7-8,10-11,17H2,1-3H3. The van der Waals surface area contributed by atoms with Crippen molar-refractivity contribution in [3.05, 3.63) is 29.6 Å². The van der Waals surface area contributed by atoms with Crippen molar-refractivity contribution in [2.24, 2.45) is 11.1 Å². The van der Waals surface area contributed by atoms with Crippen molar-refractivity contribution in [3.63, 3.8) is 0 Å². The lowest BCUT2D eigenvalue weighted by molar-refractivity contribution is 0.316. The first-order valence-electron chi connectivity index (χ1n) is 6.80. The highest BCUT2D eigenvalue weighted by molar-refractivity contribution is 5.29. The minimum absolute atomic E-state index is 0.165. The second kappa shape index (κ2) is 7.46. The Bertz CT molecular complexity index is 394. The summed E-state index contributed by atoms with van der Waals surface area (Å²) in [4.78, 5) is 0. The van der Waals surface area contributed by atoms with Gasteiger partial charge in [0, 0.05) is 13.1 Å². The van der Waals surface area contributed by atoms with Crippen LogP contribution in [0, 0.1) is 11.2 Å². The summed E-state index contributed by atoms with van der Waals surface area (Å²) in [5, 5.41) is 3.34. The van der Waals surface area contributed by atoms with E-state index in [4.69, 9.17) is 10.5 Å². The van der Waals surface area contributed by atoms with Crippen molar-refractivity contribution in [3.8, 4) is 5.75 Å². The molecule has 0 saturated carbocycles. The molecule has 0 radical (unpaired) electrons. The van der Waals surface area contributed by atoms with Gasteiger partial charge in [-0.3, -0.25) is 0 Å². The molecule has 1 aromatic carbocycles. The molecule has 0 atom stereocenters. The lowest BCUT2D eigenvalue weighted by Gasteiger charge is -2.24. The van der Waals surface area contributed by atoms with Gasteiger partial charge in [-0.1, -0.05) is 19.9 Å². The van der Waals surface area contributed by atoms with Gasteiger partial charge in [0.1, 0.15) is 0 Å². The molecule has 108 valence electrons. The largest absolute Gasteiger partial charge is 0.491 e. The van der Waals surface area contributed by atoms with Crippen LogP contribution in [0.5, 0.6) is 5.75 Å². The lowest BCUT2D eigenvalue weighted by atomic mass is 9.89. The van der Waals surface area contributed by atoms with E-state index in [9.17, 15) is 4.39 Å². The molecule has 0 saturated heterocycles. The molecule has 1 aromatic rings. The average molecular weight is 268 g/mol. The molecule has 0 amide bonds. The molecule has 0 aliphatic rings. The topological polar surface area (TPSA) is 47.3 Å². The molecule has 19 heavy (non-hydrogen) atoms.